The van der Waals surface area contributed by atoms with E-state index in [0.29, 0.717) is 18.1 Å². The molecule has 4 rings (SSSR count). The van der Waals surface area contributed by atoms with Crippen LogP contribution in [0, 0.1) is 5.41 Å². The highest BCUT2D eigenvalue weighted by molar-refractivity contribution is 5.95. The first-order valence-electron chi connectivity index (χ1n) is 9.04. The van der Waals surface area contributed by atoms with E-state index >= 15 is 0 Å². The lowest BCUT2D eigenvalue weighted by molar-refractivity contribution is -0.170. The van der Waals surface area contributed by atoms with Crippen molar-refractivity contribution in [2.24, 2.45) is 5.41 Å². The lowest BCUT2D eigenvalue weighted by atomic mass is 9.57. The van der Waals surface area contributed by atoms with Crippen LogP contribution in [0.4, 0.5) is 0 Å². The zero-order valence-corrected chi connectivity index (χ0v) is 14.2. The second-order valence-electron chi connectivity index (χ2n) is 7.15. The van der Waals surface area contributed by atoms with Gasteiger partial charge in [0.15, 0.2) is 0 Å². The Morgan fingerprint density at radius 3 is 2.92 bits per heavy atom. The number of nitrogens with zero attached hydrogens (tertiary/aromatic N) is 2. The van der Waals surface area contributed by atoms with Gasteiger partial charge in [0.1, 0.15) is 6.33 Å². The zero-order valence-electron chi connectivity index (χ0n) is 14.2. The number of nitrogens with one attached hydrogen (secondary N) is 1. The minimum absolute atomic E-state index is 0.0271. The molecule has 2 atom stereocenters. The average Bonchev–Trinajstić information content (AvgIpc) is 3.46. The van der Waals surface area contributed by atoms with Crippen molar-refractivity contribution in [1.29, 1.82) is 0 Å². The molecular formula is C18H25N3O3. The topological polar surface area (TPSA) is 73.3 Å². The van der Waals surface area contributed by atoms with Crippen LogP contribution in [-0.4, -0.2) is 47.8 Å². The zero-order chi connectivity index (χ0) is 16.6. The smallest absolute Gasteiger partial charge is 0.254 e. The van der Waals surface area contributed by atoms with Crippen molar-refractivity contribution in [2.45, 2.75) is 57.1 Å². The number of rotatable bonds is 5. The predicted molar refractivity (Wildman–Crippen MR) is 87.8 cm³/mol. The number of carbonyl (C=O) groups excluding carboxylic acids is 1. The van der Waals surface area contributed by atoms with Gasteiger partial charge in [0.25, 0.3) is 5.91 Å². The predicted octanol–water partition coefficient (Wildman–Crippen LogP) is 2.06. The maximum Gasteiger partial charge on any atom is 0.254 e. The first-order chi connectivity index (χ1) is 11.7. The summed E-state index contributed by atoms with van der Waals surface area (Å²) in [6, 6.07) is 0.151. The van der Waals surface area contributed by atoms with Gasteiger partial charge in [-0.2, -0.15) is 0 Å². The molecule has 1 saturated heterocycles. The third-order valence-electron chi connectivity index (χ3n) is 5.83. The van der Waals surface area contributed by atoms with Crippen molar-refractivity contribution in [1.82, 2.24) is 15.3 Å². The molecule has 6 nitrogen and oxygen atoms in total. The number of carbonyl (C=O) groups is 1. The first-order valence-corrected chi connectivity index (χ1v) is 9.04. The third kappa shape index (κ3) is 2.71. The van der Waals surface area contributed by atoms with Crippen LogP contribution in [0.2, 0.25) is 0 Å². The van der Waals surface area contributed by atoms with Crippen LogP contribution < -0.4 is 5.32 Å². The second-order valence-corrected chi connectivity index (χ2v) is 7.15. The van der Waals surface area contributed by atoms with Gasteiger partial charge in [-0.15, -0.1) is 0 Å². The van der Waals surface area contributed by atoms with Gasteiger partial charge in [0.05, 0.1) is 17.4 Å². The van der Waals surface area contributed by atoms with E-state index in [-0.39, 0.29) is 23.5 Å². The summed E-state index contributed by atoms with van der Waals surface area (Å²) in [5.41, 5.74) is 1.57. The normalized spacial score (nSPS) is 28.4. The van der Waals surface area contributed by atoms with Gasteiger partial charge in [-0.1, -0.05) is 0 Å². The van der Waals surface area contributed by atoms with Gasteiger partial charge < -0.3 is 14.8 Å². The maximum absolute atomic E-state index is 12.8. The molecule has 3 aliphatic rings. The Balaban J connectivity index is 1.49. The average molecular weight is 331 g/mol. The van der Waals surface area contributed by atoms with E-state index in [9.17, 15) is 4.79 Å². The van der Waals surface area contributed by atoms with Gasteiger partial charge in [0, 0.05) is 43.4 Å². The van der Waals surface area contributed by atoms with E-state index < -0.39 is 0 Å². The van der Waals surface area contributed by atoms with Crippen molar-refractivity contribution in [2.75, 3.05) is 19.8 Å². The van der Waals surface area contributed by atoms with Crippen molar-refractivity contribution in [3.63, 3.8) is 0 Å². The van der Waals surface area contributed by atoms with Crippen LogP contribution in [-0.2, 0) is 9.47 Å². The SMILES string of the molecule is CCO[C@@H]1C[C@@H](NC(=O)c2cncnc2C2CC2)C12CCOCC2. The summed E-state index contributed by atoms with van der Waals surface area (Å²) < 4.78 is 11.5. The molecule has 0 unspecified atom stereocenters. The molecule has 1 aliphatic heterocycles. The largest absolute Gasteiger partial charge is 0.381 e. The Labute approximate surface area is 142 Å². The van der Waals surface area contributed by atoms with Gasteiger partial charge in [-0.25, -0.2) is 9.97 Å². The Morgan fingerprint density at radius 1 is 1.42 bits per heavy atom. The molecule has 1 aromatic heterocycles. The highest BCUT2D eigenvalue weighted by atomic mass is 16.5. The minimum Gasteiger partial charge on any atom is -0.381 e. The number of aromatic nitrogens is 2. The van der Waals surface area contributed by atoms with Gasteiger partial charge in [0.2, 0.25) is 0 Å². The number of hydrogen-bond acceptors (Lipinski definition) is 5. The van der Waals surface area contributed by atoms with Gasteiger partial charge in [-0.3, -0.25) is 4.79 Å². The second kappa shape index (κ2) is 6.41. The standard InChI is InChI=1S/C18H25N3O3/c1-2-24-15-9-14(18(15)5-7-23-8-6-18)21-17(22)13-10-19-11-20-16(13)12-3-4-12/h10-12,14-15H,2-9H2,1H3,(H,21,22)/t14-,15-/m1/s1. The number of hydrogen-bond donors (Lipinski definition) is 1. The van der Waals surface area contributed by atoms with Crippen LogP contribution in [0.25, 0.3) is 0 Å². The number of ether oxygens (including phenoxy) is 2. The highest BCUT2D eigenvalue weighted by Gasteiger charge is 2.56. The van der Waals surface area contributed by atoms with Gasteiger partial charge in [-0.05, 0) is 39.0 Å². The monoisotopic (exact) mass is 331 g/mol. The molecule has 2 saturated carbocycles. The molecule has 0 bridgehead atoms. The summed E-state index contributed by atoms with van der Waals surface area (Å²) in [4.78, 5) is 21.2. The van der Waals surface area contributed by atoms with Crippen LogP contribution in [0.3, 0.4) is 0 Å². The Kier molecular flexibility index (Phi) is 4.26. The van der Waals surface area contributed by atoms with E-state index in [1.807, 2.05) is 6.92 Å². The molecule has 2 aliphatic carbocycles. The van der Waals surface area contributed by atoms with Crippen molar-refractivity contribution in [3.8, 4) is 0 Å². The van der Waals surface area contributed by atoms with E-state index in [4.69, 9.17) is 9.47 Å². The summed E-state index contributed by atoms with van der Waals surface area (Å²) in [6.45, 7) is 4.24. The number of amides is 1. The summed E-state index contributed by atoms with van der Waals surface area (Å²) in [5, 5.41) is 3.25. The quantitative estimate of drug-likeness (QED) is 0.894. The Bertz CT molecular complexity index is 611. The molecule has 1 N–H and O–H groups in total. The van der Waals surface area contributed by atoms with Crippen molar-refractivity contribution >= 4 is 5.91 Å². The molecule has 3 fully saturated rings. The Morgan fingerprint density at radius 2 is 2.21 bits per heavy atom. The fourth-order valence-corrected chi connectivity index (χ4v) is 4.24. The fourth-order valence-electron chi connectivity index (χ4n) is 4.24. The third-order valence-corrected chi connectivity index (χ3v) is 5.83. The molecule has 24 heavy (non-hydrogen) atoms. The molecule has 1 aromatic rings. The van der Waals surface area contributed by atoms with E-state index in [1.54, 1.807) is 12.5 Å². The van der Waals surface area contributed by atoms with E-state index in [0.717, 1.165) is 51.0 Å². The molecule has 1 spiro atoms. The summed E-state index contributed by atoms with van der Waals surface area (Å²) >= 11 is 0. The van der Waals surface area contributed by atoms with E-state index in [1.165, 1.54) is 0 Å². The summed E-state index contributed by atoms with van der Waals surface area (Å²) in [7, 11) is 0. The summed E-state index contributed by atoms with van der Waals surface area (Å²) in [5.74, 6) is 0.395. The van der Waals surface area contributed by atoms with Crippen LogP contribution in [0.1, 0.15) is 61.0 Å². The molecule has 130 valence electrons. The Hall–Kier alpha value is -1.53. The lowest BCUT2D eigenvalue weighted by Crippen LogP contribution is -2.66. The van der Waals surface area contributed by atoms with Crippen LogP contribution >= 0.6 is 0 Å². The molecule has 6 heteroatoms. The lowest BCUT2D eigenvalue weighted by Gasteiger charge is -2.57. The first kappa shape index (κ1) is 16.0. The molecule has 1 amide bonds. The van der Waals surface area contributed by atoms with Crippen LogP contribution in [0.5, 0.6) is 0 Å². The minimum atomic E-state index is -0.0386. The van der Waals surface area contributed by atoms with Gasteiger partial charge >= 0.3 is 0 Å². The van der Waals surface area contributed by atoms with E-state index in [2.05, 4.69) is 15.3 Å². The highest BCUT2D eigenvalue weighted by Crippen LogP contribution is 2.50. The molecule has 0 aromatic carbocycles. The van der Waals surface area contributed by atoms with Crippen molar-refractivity contribution in [3.05, 3.63) is 23.8 Å². The molecular weight excluding hydrogens is 306 g/mol. The van der Waals surface area contributed by atoms with Crippen molar-refractivity contribution < 1.29 is 14.3 Å². The fraction of sp³-hybridized carbons (Fsp3) is 0.722. The summed E-state index contributed by atoms with van der Waals surface area (Å²) in [6.07, 6.45) is 8.44. The molecule has 0 radical (unpaired) electrons. The van der Waals surface area contributed by atoms with Crippen LogP contribution in [0.15, 0.2) is 12.5 Å². The maximum atomic E-state index is 12.8. The molecule has 2 heterocycles.